The van der Waals surface area contributed by atoms with Crippen LogP contribution in [-0.4, -0.2) is 58.8 Å². The van der Waals surface area contributed by atoms with E-state index in [0.717, 1.165) is 30.6 Å². The Bertz CT molecular complexity index is 1210. The van der Waals surface area contributed by atoms with Gasteiger partial charge in [0.15, 0.2) is 8.24 Å². The molecule has 0 amide bonds. The van der Waals surface area contributed by atoms with Crippen LogP contribution in [-0.2, 0) is 11.2 Å². The summed E-state index contributed by atoms with van der Waals surface area (Å²) in [5.74, 6) is 1.08. The molecule has 2 aromatic heterocycles. The topological polar surface area (TPSA) is 61.5 Å². The number of benzene rings is 1. The van der Waals surface area contributed by atoms with Gasteiger partial charge in [-0.05, 0) is 81.3 Å². The van der Waals surface area contributed by atoms with E-state index in [0.29, 0.717) is 22.5 Å². The first-order valence-corrected chi connectivity index (χ1v) is 16.2. The highest BCUT2D eigenvalue weighted by atomic mass is 28.3. The van der Waals surface area contributed by atoms with Crippen molar-refractivity contribution >= 4 is 25.2 Å². The highest BCUT2D eigenvalue weighted by Gasteiger charge is 2.46. The van der Waals surface area contributed by atoms with Crippen molar-refractivity contribution in [2.45, 2.75) is 97.9 Å². The predicted molar refractivity (Wildman–Crippen MR) is 159 cm³/mol. The average Bonchev–Trinajstić information content (AvgIpc) is 3.42. The van der Waals surface area contributed by atoms with Crippen molar-refractivity contribution in [1.82, 2.24) is 18.7 Å². The third-order valence-corrected chi connectivity index (χ3v) is 14.5. The summed E-state index contributed by atoms with van der Waals surface area (Å²) in [6.07, 6.45) is 5.83. The fraction of sp³-hybridized carbons (Fsp3) is 0.600. The zero-order valence-electron chi connectivity index (χ0n) is 25.3. The average molecular weight is 541 g/mol. The molecule has 3 aromatic rings. The van der Waals surface area contributed by atoms with Gasteiger partial charge in [0.2, 0.25) is 5.88 Å². The van der Waals surface area contributed by atoms with Crippen molar-refractivity contribution in [1.29, 1.82) is 0 Å². The molecule has 0 radical (unpaired) electrons. The second-order valence-corrected chi connectivity index (χ2v) is 18.1. The first-order valence-electron chi connectivity index (χ1n) is 14.0. The Morgan fingerprint density at radius 1 is 1.08 bits per heavy atom. The van der Waals surface area contributed by atoms with Crippen molar-refractivity contribution in [2.75, 3.05) is 20.1 Å². The lowest BCUT2D eigenvalue weighted by Crippen LogP contribution is -2.51. The number of hydrogen-bond acceptors (Lipinski definition) is 5. The first kappa shape index (κ1) is 30.0. The minimum atomic E-state index is -2.01. The second-order valence-electron chi connectivity index (χ2n) is 12.4. The standard InChI is InChI=1S/C30H48N4O3Si/c1-12-32(11)17-16-24-19-34(38(21(2)3,22(4)5)23(6)7)25-14-13-15-26(28(24)25)36-27-18-31-20-33(27)29(35)37-30(8,9)10/h13-15,18-23H,12,16-17H2,1-11H3. The normalized spacial score (nSPS) is 12.9. The van der Waals surface area contributed by atoms with Crippen LogP contribution in [0.5, 0.6) is 11.6 Å². The van der Waals surface area contributed by atoms with Crippen LogP contribution in [0.4, 0.5) is 4.79 Å². The predicted octanol–water partition coefficient (Wildman–Crippen LogP) is 7.93. The van der Waals surface area contributed by atoms with E-state index in [1.165, 1.54) is 22.0 Å². The van der Waals surface area contributed by atoms with E-state index in [1.54, 1.807) is 6.20 Å². The van der Waals surface area contributed by atoms with Gasteiger partial charge in [0.25, 0.3) is 0 Å². The molecule has 0 aliphatic heterocycles. The van der Waals surface area contributed by atoms with Crippen LogP contribution < -0.4 is 4.74 Å². The Morgan fingerprint density at radius 2 is 1.71 bits per heavy atom. The summed E-state index contributed by atoms with van der Waals surface area (Å²) in [7, 11) is 0.145. The third kappa shape index (κ3) is 5.86. The molecule has 38 heavy (non-hydrogen) atoms. The molecule has 0 bridgehead atoms. The number of aromatic nitrogens is 3. The molecule has 3 rings (SSSR count). The quantitative estimate of drug-likeness (QED) is 0.244. The number of carbonyl (C=O) groups is 1. The van der Waals surface area contributed by atoms with E-state index < -0.39 is 19.9 Å². The molecule has 2 heterocycles. The van der Waals surface area contributed by atoms with E-state index in [9.17, 15) is 4.79 Å². The zero-order chi connectivity index (χ0) is 28.4. The highest BCUT2D eigenvalue weighted by molar-refractivity contribution is 6.82. The van der Waals surface area contributed by atoms with Crippen LogP contribution >= 0.6 is 0 Å². The molecule has 1 aromatic carbocycles. The van der Waals surface area contributed by atoms with E-state index in [4.69, 9.17) is 9.47 Å². The Labute approximate surface area is 230 Å². The Hall–Kier alpha value is -2.58. The number of carbonyl (C=O) groups excluding carboxylic acids is 1. The van der Waals surface area contributed by atoms with E-state index in [-0.39, 0.29) is 0 Å². The summed E-state index contributed by atoms with van der Waals surface area (Å²) in [5.41, 5.74) is 3.54. The smallest absolute Gasteiger partial charge is 0.422 e. The monoisotopic (exact) mass is 540 g/mol. The highest BCUT2D eigenvalue weighted by Crippen LogP contribution is 2.46. The number of hydrogen-bond donors (Lipinski definition) is 0. The molecule has 0 unspecified atom stereocenters. The molecule has 0 aliphatic carbocycles. The van der Waals surface area contributed by atoms with Crippen LogP contribution in [0.2, 0.25) is 16.6 Å². The molecule has 0 spiro atoms. The second kappa shape index (κ2) is 11.7. The largest absolute Gasteiger partial charge is 0.443 e. The molecule has 0 saturated heterocycles. The number of nitrogens with zero attached hydrogens (tertiary/aromatic N) is 4. The van der Waals surface area contributed by atoms with Crippen LogP contribution in [0.15, 0.2) is 36.9 Å². The lowest BCUT2D eigenvalue weighted by atomic mass is 10.1. The fourth-order valence-corrected chi connectivity index (χ4v) is 12.8. The molecule has 0 aliphatic rings. The van der Waals surface area contributed by atoms with E-state index in [1.807, 2.05) is 26.8 Å². The summed E-state index contributed by atoms with van der Waals surface area (Å²) in [6, 6.07) is 6.29. The van der Waals surface area contributed by atoms with Crippen molar-refractivity contribution in [3.8, 4) is 11.6 Å². The maximum Gasteiger partial charge on any atom is 0.422 e. The summed E-state index contributed by atoms with van der Waals surface area (Å²) >= 11 is 0. The van der Waals surface area contributed by atoms with Crippen LogP contribution in [0.25, 0.3) is 10.9 Å². The van der Waals surface area contributed by atoms with Gasteiger partial charge in [0, 0.05) is 17.4 Å². The Balaban J connectivity index is 2.21. The fourth-order valence-electron chi connectivity index (χ4n) is 6.15. The van der Waals surface area contributed by atoms with E-state index >= 15 is 0 Å². The van der Waals surface area contributed by atoms with Gasteiger partial charge >= 0.3 is 6.09 Å². The number of ether oxygens (including phenoxy) is 2. The van der Waals surface area contributed by atoms with Crippen LogP contribution in [0, 0.1) is 0 Å². The molecule has 210 valence electrons. The van der Waals surface area contributed by atoms with Gasteiger partial charge < -0.3 is 18.6 Å². The molecule has 0 saturated carbocycles. The summed E-state index contributed by atoms with van der Waals surface area (Å²) in [4.78, 5) is 19.4. The van der Waals surface area contributed by atoms with Crippen molar-refractivity contribution in [2.24, 2.45) is 0 Å². The van der Waals surface area contributed by atoms with Crippen molar-refractivity contribution in [3.63, 3.8) is 0 Å². The van der Waals surface area contributed by atoms with Gasteiger partial charge in [-0.15, -0.1) is 0 Å². The molecule has 0 fully saturated rings. The maximum atomic E-state index is 12.9. The van der Waals surface area contributed by atoms with Crippen molar-refractivity contribution < 1.29 is 14.3 Å². The molecule has 8 heteroatoms. The number of rotatable bonds is 10. The van der Waals surface area contributed by atoms with Gasteiger partial charge in [-0.1, -0.05) is 54.5 Å². The zero-order valence-corrected chi connectivity index (χ0v) is 26.3. The van der Waals surface area contributed by atoms with Crippen LogP contribution in [0.3, 0.4) is 0 Å². The first-order chi connectivity index (χ1) is 17.7. The third-order valence-electron chi connectivity index (χ3n) is 7.77. The SMILES string of the molecule is CCN(C)CCc1cn([Si](C(C)C)(C(C)C)C(C)C)c2cccc(Oc3cncn3C(=O)OC(C)(C)C)c12. The summed E-state index contributed by atoms with van der Waals surface area (Å²) in [6.45, 7) is 24.0. The Kier molecular flexibility index (Phi) is 9.19. The minimum absolute atomic E-state index is 0.344. The molecule has 7 nitrogen and oxygen atoms in total. The van der Waals surface area contributed by atoms with Gasteiger partial charge in [-0.3, -0.25) is 0 Å². The molecule has 0 N–H and O–H groups in total. The summed E-state index contributed by atoms with van der Waals surface area (Å²) < 4.78 is 16.0. The van der Waals surface area contributed by atoms with Gasteiger partial charge in [0.1, 0.15) is 17.7 Å². The lowest BCUT2D eigenvalue weighted by Gasteiger charge is -2.44. The maximum absolute atomic E-state index is 12.9. The lowest BCUT2D eigenvalue weighted by molar-refractivity contribution is 0.0527. The molecule has 0 atom stereocenters. The molecular weight excluding hydrogens is 492 g/mol. The number of imidazole rings is 1. The number of fused-ring (bicyclic) bond motifs is 1. The summed E-state index contributed by atoms with van der Waals surface area (Å²) in [5, 5.41) is 1.12. The van der Waals surface area contributed by atoms with Gasteiger partial charge in [-0.25, -0.2) is 14.3 Å². The van der Waals surface area contributed by atoms with Gasteiger partial charge in [0.05, 0.1) is 6.20 Å². The number of likely N-dealkylation sites (N-methyl/N-ethyl adjacent to an activating group) is 1. The molecular formula is C30H48N4O3Si. The van der Waals surface area contributed by atoms with Crippen LogP contribution in [0.1, 0.15) is 74.8 Å². The van der Waals surface area contributed by atoms with E-state index in [2.05, 4.69) is 88.0 Å². The van der Waals surface area contributed by atoms with Gasteiger partial charge in [-0.2, -0.15) is 0 Å². The Morgan fingerprint density at radius 3 is 2.26 bits per heavy atom. The minimum Gasteiger partial charge on any atom is -0.443 e. The van der Waals surface area contributed by atoms with Crippen molar-refractivity contribution in [3.05, 3.63) is 42.5 Å².